The number of nitrogens with one attached hydrogen (secondary N) is 2. The van der Waals surface area contributed by atoms with Crippen LogP contribution in [-0.2, 0) is 36.3 Å². The zero-order valence-electron chi connectivity index (χ0n) is 16.1. The Hall–Kier alpha value is -0.574. The molecule has 0 saturated heterocycles. The molecule has 0 bridgehead atoms. The molecule has 2 N–H and O–H groups in total. The van der Waals surface area contributed by atoms with Crippen LogP contribution in [0.25, 0.3) is 0 Å². The third-order valence-corrected chi connectivity index (χ3v) is 4.23. The summed E-state index contributed by atoms with van der Waals surface area (Å²) in [4.78, 5) is 0. The summed E-state index contributed by atoms with van der Waals surface area (Å²) in [7, 11) is 0. The molecule has 0 atom stereocenters. The van der Waals surface area contributed by atoms with Crippen LogP contribution in [-0.4, -0.2) is 31.7 Å². The quantitative estimate of drug-likeness (QED) is 0.414. The average molecular weight is 445 g/mol. The fourth-order valence-electron chi connectivity index (χ4n) is 2.36. The van der Waals surface area contributed by atoms with E-state index in [1.54, 1.807) is 0 Å². The van der Waals surface area contributed by atoms with Crippen molar-refractivity contribution < 1.29 is 0 Å². The Kier molecular flexibility index (Phi) is 11.8. The zero-order valence-corrected chi connectivity index (χ0v) is 20.8. The monoisotopic (exact) mass is 444 g/mol. The van der Waals surface area contributed by atoms with Crippen LogP contribution in [0.3, 0.4) is 0 Å². The van der Waals surface area contributed by atoms with Crippen LogP contribution in [0, 0.1) is 0 Å². The molecule has 0 aliphatic rings. The summed E-state index contributed by atoms with van der Waals surface area (Å²) >= 11 is 19.4. The van der Waals surface area contributed by atoms with Gasteiger partial charge >= 0.3 is 23.1 Å². The second kappa shape index (κ2) is 12.1. The Bertz CT molecular complexity index is 656. The fourth-order valence-corrected chi connectivity index (χ4v) is 3.38. The number of thiocarbonyl (C=S) groups is 2. The summed E-state index contributed by atoms with van der Waals surface area (Å²) in [5.74, 6) is 0. The van der Waals surface area contributed by atoms with Crippen molar-refractivity contribution in [2.24, 2.45) is 0 Å². The van der Waals surface area contributed by atoms with E-state index >= 15 is 0 Å². The second-order valence-corrected chi connectivity index (χ2v) is 8.96. The maximum atomic E-state index is 4.85. The van der Waals surface area contributed by atoms with Crippen molar-refractivity contribution in [1.29, 1.82) is 0 Å². The smallest absolute Gasteiger partial charge is 0.412 e. The maximum Gasteiger partial charge on any atom is 2.00 e. The van der Waals surface area contributed by atoms with Crippen LogP contribution in [0.15, 0.2) is 60.7 Å². The molecule has 0 fully saturated rings. The Morgan fingerprint density at radius 2 is 0.926 bits per heavy atom. The van der Waals surface area contributed by atoms with Gasteiger partial charge in [0.15, 0.2) is 0 Å². The molecule has 2 aromatic carbocycles. The van der Waals surface area contributed by atoms with E-state index in [2.05, 4.69) is 62.6 Å². The molecule has 2 aromatic rings. The van der Waals surface area contributed by atoms with Crippen LogP contribution in [0.1, 0.15) is 38.8 Å². The normalized spacial score (nSPS) is 10.5. The maximum absolute atomic E-state index is 4.85. The molecule has 0 heterocycles. The minimum atomic E-state index is -0.180. The molecule has 0 saturated carbocycles. The van der Waals surface area contributed by atoms with Gasteiger partial charge in [-0.15, -0.1) is 0 Å². The van der Waals surface area contributed by atoms with Crippen LogP contribution in [0.2, 0.25) is 0 Å². The third kappa shape index (κ3) is 9.96. The molecule has 0 aromatic heterocycles. The van der Waals surface area contributed by atoms with Crippen molar-refractivity contribution in [2.45, 2.75) is 38.8 Å². The molecule has 7 heteroatoms. The molecule has 0 amide bonds. The molecule has 2 rings (SSSR count). The van der Waals surface area contributed by atoms with Crippen molar-refractivity contribution >= 4 is 81.4 Å². The van der Waals surface area contributed by atoms with Crippen LogP contribution in [0.4, 0.5) is 0 Å². The predicted octanol–water partition coefficient (Wildman–Crippen LogP) is 4.31. The first-order valence-electron chi connectivity index (χ1n) is 8.14. The van der Waals surface area contributed by atoms with Gasteiger partial charge in [-0.2, -0.15) is 0 Å². The van der Waals surface area contributed by atoms with Crippen molar-refractivity contribution in [3.63, 3.8) is 0 Å². The largest absolute Gasteiger partial charge is 2.00 e. The van der Waals surface area contributed by atoms with Gasteiger partial charge in [-0.25, -0.2) is 0 Å². The first-order chi connectivity index (χ1) is 12.0. The molecule has 0 radical (unpaired) electrons. The molecule has 27 heavy (non-hydrogen) atoms. The van der Waals surface area contributed by atoms with Crippen molar-refractivity contribution in [3.05, 3.63) is 71.8 Å². The van der Waals surface area contributed by atoms with Gasteiger partial charge in [0.2, 0.25) is 0 Å². The molecule has 0 aliphatic carbocycles. The molecule has 0 aliphatic heterocycles. The van der Waals surface area contributed by atoms with Gasteiger partial charge in [0.25, 0.3) is 0 Å². The average Bonchev–Trinajstić information content (AvgIpc) is 2.55. The van der Waals surface area contributed by atoms with E-state index in [9.17, 15) is 0 Å². The standard InChI is InChI=1S/2C10H13NS2.Mg/c2*1-10(2,11-9(12)13)8-6-4-3-5-7-8;/h2*3-7H,1-2H3,(H2,11,12,13);/q;;+2/p-2. The summed E-state index contributed by atoms with van der Waals surface area (Å²) in [5, 5.41) is 6.16. The van der Waals surface area contributed by atoms with Gasteiger partial charge in [0.1, 0.15) is 0 Å². The summed E-state index contributed by atoms with van der Waals surface area (Å²) in [5.41, 5.74) is 2.00. The first-order valence-corrected chi connectivity index (χ1v) is 9.77. The molecular formula is C20H24MgN2S4. The van der Waals surface area contributed by atoms with Gasteiger partial charge in [0, 0.05) is 0 Å². The Morgan fingerprint density at radius 3 is 1.15 bits per heavy atom. The third-order valence-electron chi connectivity index (χ3n) is 3.82. The van der Waals surface area contributed by atoms with Gasteiger partial charge in [0.05, 0.1) is 11.1 Å². The Morgan fingerprint density at radius 1 is 0.667 bits per heavy atom. The minimum absolute atomic E-state index is 0. The molecule has 0 spiro atoms. The van der Waals surface area contributed by atoms with Crippen LogP contribution < -0.4 is 10.6 Å². The topological polar surface area (TPSA) is 24.1 Å². The summed E-state index contributed by atoms with van der Waals surface area (Å²) in [6, 6.07) is 20.2. The van der Waals surface area contributed by atoms with E-state index in [0.717, 1.165) is 0 Å². The first kappa shape index (κ1) is 26.4. The van der Waals surface area contributed by atoms with Crippen molar-refractivity contribution in [1.82, 2.24) is 10.6 Å². The summed E-state index contributed by atoms with van der Waals surface area (Å²) < 4.78 is 0.822. The number of benzene rings is 2. The van der Waals surface area contributed by atoms with Gasteiger partial charge in [-0.3, -0.25) is 0 Å². The summed E-state index contributed by atoms with van der Waals surface area (Å²) in [6.45, 7) is 8.23. The van der Waals surface area contributed by atoms with Crippen molar-refractivity contribution in [2.75, 3.05) is 0 Å². The van der Waals surface area contributed by atoms with E-state index in [-0.39, 0.29) is 34.1 Å². The van der Waals surface area contributed by atoms with Gasteiger partial charge < -0.3 is 60.3 Å². The SMILES string of the molecule is CC(C)(NC(=S)[S-])c1ccccc1.CC(C)(NC(=S)[S-])c1ccccc1.[Mg+2]. The Balaban J connectivity index is 0.000000483. The van der Waals surface area contributed by atoms with Crippen LogP contribution in [0.5, 0.6) is 0 Å². The predicted molar refractivity (Wildman–Crippen MR) is 131 cm³/mol. The molecule has 140 valence electrons. The van der Waals surface area contributed by atoms with E-state index in [1.165, 1.54) is 11.1 Å². The van der Waals surface area contributed by atoms with E-state index in [1.807, 2.05) is 36.4 Å². The van der Waals surface area contributed by atoms with Gasteiger partial charge in [-0.1, -0.05) is 69.3 Å². The fraction of sp³-hybridized carbons (Fsp3) is 0.300. The van der Waals surface area contributed by atoms with Crippen LogP contribution >= 0.6 is 24.4 Å². The van der Waals surface area contributed by atoms with Crippen molar-refractivity contribution in [3.8, 4) is 0 Å². The number of hydrogen-bond acceptors (Lipinski definition) is 4. The van der Waals surface area contributed by atoms with E-state index in [0.29, 0.717) is 8.64 Å². The summed E-state index contributed by atoms with van der Waals surface area (Å²) in [6.07, 6.45) is 0. The second-order valence-electron chi connectivity index (χ2n) is 6.81. The Labute approximate surface area is 201 Å². The van der Waals surface area contributed by atoms with E-state index < -0.39 is 0 Å². The zero-order chi connectivity index (χ0) is 19.8. The van der Waals surface area contributed by atoms with Gasteiger partial charge in [-0.05, 0) is 38.8 Å². The molecule has 2 nitrogen and oxygen atoms in total. The molecular weight excluding hydrogens is 421 g/mol. The minimum Gasteiger partial charge on any atom is -0.412 e. The van der Waals surface area contributed by atoms with E-state index in [4.69, 9.17) is 49.7 Å². The molecule has 0 unspecified atom stereocenters. The number of rotatable bonds is 4. The number of hydrogen-bond donors (Lipinski definition) is 2.